The molecular formula is C21H28N4O. The molecule has 3 rings (SSSR count). The molecule has 1 aliphatic rings. The highest BCUT2D eigenvalue weighted by Crippen LogP contribution is 2.29. The molecule has 0 bridgehead atoms. The van der Waals surface area contributed by atoms with Crippen LogP contribution in [0.2, 0.25) is 0 Å². The zero-order valence-electron chi connectivity index (χ0n) is 16.1. The third-order valence-electron chi connectivity index (χ3n) is 4.98. The van der Waals surface area contributed by atoms with Gasteiger partial charge in [0.2, 0.25) is 0 Å². The Morgan fingerprint density at radius 2 is 1.85 bits per heavy atom. The van der Waals surface area contributed by atoms with E-state index in [1.54, 1.807) is 6.07 Å². The Morgan fingerprint density at radius 3 is 2.54 bits per heavy atom. The first-order valence-electron chi connectivity index (χ1n) is 9.32. The van der Waals surface area contributed by atoms with Gasteiger partial charge in [0.15, 0.2) is 0 Å². The Hall–Kier alpha value is -2.43. The van der Waals surface area contributed by atoms with Crippen LogP contribution in [0.15, 0.2) is 36.7 Å². The van der Waals surface area contributed by atoms with Crippen molar-refractivity contribution in [3.05, 3.63) is 47.9 Å². The molecule has 0 saturated carbocycles. The maximum absolute atomic E-state index is 12.8. The maximum Gasteiger partial charge on any atom is 0.274 e. The zero-order chi connectivity index (χ0) is 18.7. The van der Waals surface area contributed by atoms with Gasteiger partial charge in [-0.25, -0.2) is 9.97 Å². The molecule has 138 valence electrons. The van der Waals surface area contributed by atoms with Gasteiger partial charge in [0.1, 0.15) is 17.8 Å². The highest BCUT2D eigenvalue weighted by molar-refractivity contribution is 6.03. The van der Waals surface area contributed by atoms with Crippen LogP contribution in [0.4, 0.5) is 11.5 Å². The van der Waals surface area contributed by atoms with Crippen molar-refractivity contribution < 1.29 is 4.79 Å². The average molecular weight is 352 g/mol. The third kappa shape index (κ3) is 4.21. The number of carbonyl (C=O) groups excluding carboxylic acids is 1. The molecule has 0 atom stereocenters. The van der Waals surface area contributed by atoms with Crippen LogP contribution in [0.25, 0.3) is 0 Å². The summed E-state index contributed by atoms with van der Waals surface area (Å²) in [7, 11) is 0. The molecule has 0 radical (unpaired) electrons. The number of hydrogen-bond donors (Lipinski definition) is 1. The number of benzene rings is 1. The van der Waals surface area contributed by atoms with Crippen molar-refractivity contribution in [3.63, 3.8) is 0 Å². The molecule has 1 N–H and O–H groups in total. The van der Waals surface area contributed by atoms with Crippen molar-refractivity contribution in [1.82, 2.24) is 9.97 Å². The first kappa shape index (κ1) is 18.4. The number of rotatable bonds is 3. The monoisotopic (exact) mass is 352 g/mol. The van der Waals surface area contributed by atoms with Crippen molar-refractivity contribution in [2.75, 3.05) is 23.3 Å². The number of nitrogens with zero attached hydrogens (tertiary/aromatic N) is 3. The minimum atomic E-state index is -0.198. The number of para-hydroxylation sites is 1. The highest BCUT2D eigenvalue weighted by Gasteiger charge is 2.21. The van der Waals surface area contributed by atoms with E-state index in [0.29, 0.717) is 5.69 Å². The number of anilines is 2. The van der Waals surface area contributed by atoms with E-state index in [1.807, 2.05) is 18.2 Å². The van der Waals surface area contributed by atoms with Gasteiger partial charge in [-0.1, -0.05) is 45.9 Å². The van der Waals surface area contributed by atoms with Crippen molar-refractivity contribution in [2.45, 2.75) is 46.0 Å². The molecule has 1 aromatic heterocycles. The molecule has 1 saturated heterocycles. The lowest BCUT2D eigenvalue weighted by atomic mass is 9.86. The van der Waals surface area contributed by atoms with Crippen LogP contribution < -0.4 is 10.2 Å². The van der Waals surface area contributed by atoms with Gasteiger partial charge in [0.25, 0.3) is 5.91 Å². The van der Waals surface area contributed by atoms with Crippen LogP contribution in [-0.2, 0) is 5.41 Å². The molecule has 5 nitrogen and oxygen atoms in total. The van der Waals surface area contributed by atoms with Crippen LogP contribution >= 0.6 is 0 Å². The van der Waals surface area contributed by atoms with Crippen molar-refractivity contribution in [3.8, 4) is 0 Å². The van der Waals surface area contributed by atoms with Gasteiger partial charge in [-0.05, 0) is 35.8 Å². The topological polar surface area (TPSA) is 58.1 Å². The summed E-state index contributed by atoms with van der Waals surface area (Å²) in [4.78, 5) is 23.6. The lowest BCUT2D eigenvalue weighted by Crippen LogP contribution is -2.33. The molecule has 1 amide bonds. The van der Waals surface area contributed by atoms with Crippen molar-refractivity contribution >= 4 is 17.4 Å². The fourth-order valence-electron chi connectivity index (χ4n) is 3.31. The van der Waals surface area contributed by atoms with Crippen LogP contribution in [-0.4, -0.2) is 29.0 Å². The number of nitrogens with one attached hydrogen (secondary N) is 1. The third-order valence-corrected chi connectivity index (χ3v) is 4.98. The molecule has 0 spiro atoms. The number of aromatic nitrogens is 2. The number of amides is 1. The fourth-order valence-corrected chi connectivity index (χ4v) is 3.31. The largest absolute Gasteiger partial charge is 0.356 e. The number of piperidine rings is 1. The highest BCUT2D eigenvalue weighted by atomic mass is 16.1. The summed E-state index contributed by atoms with van der Waals surface area (Å²) in [5, 5.41) is 3.02. The van der Waals surface area contributed by atoms with E-state index in [2.05, 4.69) is 53.9 Å². The average Bonchev–Trinajstić information content (AvgIpc) is 2.62. The summed E-state index contributed by atoms with van der Waals surface area (Å²) < 4.78 is 0. The van der Waals surface area contributed by atoms with Crippen molar-refractivity contribution in [2.24, 2.45) is 5.92 Å². The Balaban J connectivity index is 1.78. The SMILES string of the molecule is CC1CCN(c2cc(C(=O)Nc3ccccc3C(C)(C)C)ncn2)CC1. The predicted molar refractivity (Wildman–Crippen MR) is 106 cm³/mol. The summed E-state index contributed by atoms with van der Waals surface area (Å²) in [6, 6.07) is 9.72. The molecule has 26 heavy (non-hydrogen) atoms. The van der Waals surface area contributed by atoms with Gasteiger partial charge < -0.3 is 10.2 Å². The van der Waals surface area contributed by atoms with E-state index in [4.69, 9.17) is 0 Å². The molecule has 2 heterocycles. The summed E-state index contributed by atoms with van der Waals surface area (Å²) in [6.07, 6.45) is 3.80. The molecule has 1 aliphatic heterocycles. The first-order valence-corrected chi connectivity index (χ1v) is 9.32. The molecule has 2 aromatic rings. The molecule has 0 aliphatic carbocycles. The Bertz CT molecular complexity index is 774. The standard InChI is InChI=1S/C21H28N4O/c1-15-9-11-25(12-10-15)19-13-18(22-14-23-19)20(26)24-17-8-6-5-7-16(17)21(2,3)4/h5-8,13-15H,9-12H2,1-4H3,(H,24,26). The minimum absolute atomic E-state index is 0.0504. The van der Waals surface area contributed by atoms with E-state index >= 15 is 0 Å². The van der Waals surface area contributed by atoms with E-state index in [-0.39, 0.29) is 11.3 Å². The quantitative estimate of drug-likeness (QED) is 0.896. The van der Waals surface area contributed by atoms with Gasteiger partial charge in [-0.15, -0.1) is 0 Å². The van der Waals surface area contributed by atoms with E-state index < -0.39 is 0 Å². The Labute approximate surface area is 155 Å². The Morgan fingerprint density at radius 1 is 1.15 bits per heavy atom. The zero-order valence-corrected chi connectivity index (χ0v) is 16.1. The van der Waals surface area contributed by atoms with Crippen LogP contribution in [0.5, 0.6) is 0 Å². The lowest BCUT2D eigenvalue weighted by Gasteiger charge is -2.31. The smallest absolute Gasteiger partial charge is 0.274 e. The summed E-state index contributed by atoms with van der Waals surface area (Å²) in [6.45, 7) is 10.6. The number of hydrogen-bond acceptors (Lipinski definition) is 4. The molecular weight excluding hydrogens is 324 g/mol. The van der Waals surface area contributed by atoms with Crippen LogP contribution in [0, 0.1) is 5.92 Å². The molecule has 1 aromatic carbocycles. The normalized spacial score (nSPS) is 15.8. The van der Waals surface area contributed by atoms with Crippen molar-refractivity contribution in [1.29, 1.82) is 0 Å². The Kier molecular flexibility index (Phi) is 5.25. The summed E-state index contributed by atoms with van der Waals surface area (Å²) in [5.74, 6) is 1.39. The first-order chi connectivity index (χ1) is 12.3. The maximum atomic E-state index is 12.8. The molecule has 0 unspecified atom stereocenters. The fraction of sp³-hybridized carbons (Fsp3) is 0.476. The second-order valence-corrected chi connectivity index (χ2v) is 8.18. The van der Waals surface area contributed by atoms with Gasteiger partial charge in [-0.2, -0.15) is 0 Å². The van der Waals surface area contributed by atoms with E-state index in [0.717, 1.165) is 48.9 Å². The molecule has 5 heteroatoms. The lowest BCUT2D eigenvalue weighted by molar-refractivity contribution is 0.102. The van der Waals surface area contributed by atoms with Gasteiger partial charge in [0.05, 0.1) is 0 Å². The second-order valence-electron chi connectivity index (χ2n) is 8.18. The van der Waals surface area contributed by atoms with Gasteiger partial charge in [0, 0.05) is 24.8 Å². The summed E-state index contributed by atoms with van der Waals surface area (Å²) in [5.41, 5.74) is 2.28. The number of carbonyl (C=O) groups is 1. The van der Waals surface area contributed by atoms with E-state index in [9.17, 15) is 4.79 Å². The van der Waals surface area contributed by atoms with E-state index in [1.165, 1.54) is 6.33 Å². The molecule has 1 fully saturated rings. The van der Waals surface area contributed by atoms with Gasteiger partial charge in [-0.3, -0.25) is 4.79 Å². The van der Waals surface area contributed by atoms with Crippen LogP contribution in [0.3, 0.4) is 0 Å². The minimum Gasteiger partial charge on any atom is -0.356 e. The van der Waals surface area contributed by atoms with Gasteiger partial charge >= 0.3 is 0 Å². The second kappa shape index (κ2) is 7.44. The van der Waals surface area contributed by atoms with Crippen LogP contribution in [0.1, 0.15) is 56.6 Å². The predicted octanol–water partition coefficient (Wildman–Crippen LogP) is 4.26. The summed E-state index contributed by atoms with van der Waals surface area (Å²) >= 11 is 0.